The first kappa shape index (κ1) is 18.7. The van der Waals surface area contributed by atoms with Crippen LogP contribution in [-0.2, 0) is 10.2 Å². The van der Waals surface area contributed by atoms with Crippen LogP contribution in [0.25, 0.3) is 11.3 Å². The van der Waals surface area contributed by atoms with Gasteiger partial charge in [0.05, 0.1) is 16.2 Å². The van der Waals surface area contributed by atoms with E-state index < -0.39 is 16.2 Å². The Morgan fingerprint density at radius 2 is 2.00 bits per heavy atom. The maximum atomic E-state index is 13.4. The molecule has 0 aliphatic carbocycles. The Morgan fingerprint density at radius 1 is 1.26 bits per heavy atom. The molecule has 10 nitrogen and oxygen atoms in total. The van der Waals surface area contributed by atoms with Crippen LogP contribution in [0.2, 0.25) is 5.02 Å². The van der Waals surface area contributed by atoms with Gasteiger partial charge in [0.2, 0.25) is 17.7 Å². The number of carbonyl (C=O) groups excluding carboxylic acids is 1. The number of aromatic nitrogens is 2. The molecular formula is C20H11ClN6O4. The third-order valence-electron chi connectivity index (χ3n) is 5.39. The van der Waals surface area contributed by atoms with Crippen molar-refractivity contribution in [1.29, 1.82) is 5.26 Å². The standard InChI is InChI=1S/C20H11ClN6O4/c21-10-3-6-14-12(7-10)20(19(28)24-14)13(8-22)17(23)31-18-15(20)16(25-26-18)9-1-4-11(5-2-9)27(29)30/h1-7H,23H2,(H,24,28)(H,25,26)/t20-/m1/s1. The Morgan fingerprint density at radius 3 is 2.68 bits per heavy atom. The summed E-state index contributed by atoms with van der Waals surface area (Å²) in [5.74, 6) is -0.745. The fourth-order valence-electron chi connectivity index (χ4n) is 4.08. The van der Waals surface area contributed by atoms with Gasteiger partial charge in [-0.1, -0.05) is 11.6 Å². The summed E-state index contributed by atoms with van der Waals surface area (Å²) < 4.78 is 5.55. The Balaban J connectivity index is 1.84. The Kier molecular flexibility index (Phi) is 3.80. The van der Waals surface area contributed by atoms with Gasteiger partial charge >= 0.3 is 0 Å². The van der Waals surface area contributed by atoms with Gasteiger partial charge in [-0.05, 0) is 30.3 Å². The molecule has 5 rings (SSSR count). The predicted molar refractivity (Wildman–Crippen MR) is 109 cm³/mol. The predicted octanol–water partition coefficient (Wildman–Crippen LogP) is 2.96. The first-order valence-electron chi connectivity index (χ1n) is 8.91. The van der Waals surface area contributed by atoms with E-state index in [1.807, 2.05) is 6.07 Å². The largest absolute Gasteiger partial charge is 0.420 e. The lowest BCUT2D eigenvalue weighted by molar-refractivity contribution is -0.384. The van der Waals surface area contributed by atoms with E-state index in [1.54, 1.807) is 18.2 Å². The van der Waals surface area contributed by atoms with Crippen molar-refractivity contribution in [2.75, 3.05) is 5.32 Å². The lowest BCUT2D eigenvalue weighted by Crippen LogP contribution is -2.42. The number of aromatic amines is 1. The van der Waals surface area contributed by atoms with Gasteiger partial charge in [0.25, 0.3) is 5.69 Å². The number of non-ortho nitro benzene ring substituents is 1. The highest BCUT2D eigenvalue weighted by molar-refractivity contribution is 6.31. The Bertz CT molecular complexity index is 1370. The number of nitro groups is 1. The second-order valence-corrected chi connectivity index (χ2v) is 7.37. The van der Waals surface area contributed by atoms with E-state index in [0.717, 1.165) is 0 Å². The number of halogens is 1. The van der Waals surface area contributed by atoms with Gasteiger partial charge in [-0.3, -0.25) is 20.0 Å². The van der Waals surface area contributed by atoms with Crippen molar-refractivity contribution in [3.05, 3.63) is 80.2 Å². The van der Waals surface area contributed by atoms with E-state index in [1.165, 1.54) is 24.3 Å². The van der Waals surface area contributed by atoms with Crippen LogP contribution >= 0.6 is 11.6 Å². The number of hydrogen-bond donors (Lipinski definition) is 3. The molecule has 2 aliphatic rings. The maximum Gasteiger partial charge on any atom is 0.269 e. The highest BCUT2D eigenvalue weighted by Crippen LogP contribution is 2.55. The molecule has 1 spiro atoms. The number of hydrogen-bond acceptors (Lipinski definition) is 7. The Hall–Kier alpha value is -4.36. The van der Waals surface area contributed by atoms with Gasteiger partial charge in [-0.25, -0.2) is 0 Å². The lowest BCUT2D eigenvalue weighted by Gasteiger charge is -2.32. The fourth-order valence-corrected chi connectivity index (χ4v) is 4.25. The molecule has 1 aromatic heterocycles. The highest BCUT2D eigenvalue weighted by Gasteiger charge is 2.58. The topological polar surface area (TPSA) is 160 Å². The summed E-state index contributed by atoms with van der Waals surface area (Å²) in [6.07, 6.45) is 0. The zero-order valence-electron chi connectivity index (χ0n) is 15.5. The first-order valence-corrected chi connectivity index (χ1v) is 9.29. The van der Waals surface area contributed by atoms with Gasteiger partial charge in [0.1, 0.15) is 17.1 Å². The van der Waals surface area contributed by atoms with E-state index in [-0.39, 0.29) is 28.6 Å². The van der Waals surface area contributed by atoms with E-state index >= 15 is 0 Å². The average molecular weight is 435 g/mol. The monoisotopic (exact) mass is 434 g/mol. The molecule has 0 bridgehead atoms. The summed E-state index contributed by atoms with van der Waals surface area (Å²) in [6, 6.07) is 12.5. The zero-order valence-corrected chi connectivity index (χ0v) is 16.2. The number of H-pyrrole nitrogens is 1. The van der Waals surface area contributed by atoms with Crippen LogP contribution in [0.5, 0.6) is 5.88 Å². The summed E-state index contributed by atoms with van der Waals surface area (Å²) in [5, 5.41) is 31.0. The van der Waals surface area contributed by atoms with Crippen LogP contribution in [0.4, 0.5) is 11.4 Å². The number of anilines is 1. The molecule has 4 N–H and O–H groups in total. The molecular weight excluding hydrogens is 424 g/mol. The summed E-state index contributed by atoms with van der Waals surface area (Å²) in [4.78, 5) is 23.9. The number of nitrogens with two attached hydrogens (primary N) is 1. The van der Waals surface area contributed by atoms with Gasteiger partial charge in [-0.2, -0.15) is 5.26 Å². The second kappa shape index (κ2) is 6.32. The molecule has 152 valence electrons. The zero-order chi connectivity index (χ0) is 21.9. The van der Waals surface area contributed by atoms with E-state index in [2.05, 4.69) is 15.5 Å². The van der Waals surface area contributed by atoms with Gasteiger partial charge < -0.3 is 15.8 Å². The van der Waals surface area contributed by atoms with Crippen molar-refractivity contribution in [2.45, 2.75) is 5.41 Å². The molecule has 0 saturated carbocycles. The molecule has 31 heavy (non-hydrogen) atoms. The third kappa shape index (κ3) is 2.38. The van der Waals surface area contributed by atoms with Crippen LogP contribution in [-0.4, -0.2) is 21.0 Å². The molecule has 0 saturated heterocycles. The summed E-state index contributed by atoms with van der Waals surface area (Å²) in [7, 11) is 0. The molecule has 3 aromatic rings. The summed E-state index contributed by atoms with van der Waals surface area (Å²) in [5.41, 5.74) is 6.18. The molecule has 11 heteroatoms. The van der Waals surface area contributed by atoms with E-state index in [0.29, 0.717) is 27.5 Å². The molecule has 0 radical (unpaired) electrons. The number of rotatable bonds is 2. The second-order valence-electron chi connectivity index (χ2n) is 6.93. The number of benzene rings is 2. The third-order valence-corrected chi connectivity index (χ3v) is 5.62. The lowest BCUT2D eigenvalue weighted by atomic mass is 9.68. The number of amides is 1. The summed E-state index contributed by atoms with van der Waals surface area (Å²) >= 11 is 6.22. The van der Waals surface area contributed by atoms with Gasteiger partial charge in [-0.15, -0.1) is 5.10 Å². The molecule has 0 unspecified atom stereocenters. The van der Waals surface area contributed by atoms with Crippen molar-refractivity contribution in [2.24, 2.45) is 5.73 Å². The number of nitriles is 1. The van der Waals surface area contributed by atoms with E-state index in [9.17, 15) is 20.2 Å². The van der Waals surface area contributed by atoms with Crippen LogP contribution in [0, 0.1) is 21.4 Å². The number of nitro benzene ring substituents is 1. The van der Waals surface area contributed by atoms with Crippen LogP contribution in [0.3, 0.4) is 0 Å². The van der Waals surface area contributed by atoms with Crippen molar-refractivity contribution in [1.82, 2.24) is 10.2 Å². The van der Waals surface area contributed by atoms with Crippen LogP contribution < -0.4 is 15.8 Å². The van der Waals surface area contributed by atoms with Crippen molar-refractivity contribution in [3.8, 4) is 23.2 Å². The van der Waals surface area contributed by atoms with E-state index in [4.69, 9.17) is 22.1 Å². The normalized spacial score (nSPS) is 18.8. The van der Waals surface area contributed by atoms with Crippen LogP contribution in [0.15, 0.2) is 53.9 Å². The SMILES string of the molecule is N#CC1=C(N)Oc2n[nH]c(-c3ccc([N+](=O)[O-])cc3)c2[C@]12C(=O)Nc1ccc(Cl)cc12. The number of fused-ring (bicyclic) bond motifs is 4. The fraction of sp³-hybridized carbons (Fsp3) is 0.0500. The number of nitrogens with one attached hydrogen (secondary N) is 2. The quantitative estimate of drug-likeness (QED) is 0.412. The molecule has 1 atom stereocenters. The number of ether oxygens (including phenoxy) is 1. The first-order chi connectivity index (χ1) is 14.9. The van der Waals surface area contributed by atoms with Crippen LogP contribution in [0.1, 0.15) is 11.1 Å². The number of nitrogens with zero attached hydrogens (tertiary/aromatic N) is 3. The Labute approximate surface area is 179 Å². The van der Waals surface area contributed by atoms with Crippen molar-refractivity contribution < 1.29 is 14.5 Å². The van der Waals surface area contributed by atoms with Gasteiger partial charge in [0, 0.05) is 34.0 Å². The highest BCUT2D eigenvalue weighted by atomic mass is 35.5. The minimum atomic E-state index is -1.66. The smallest absolute Gasteiger partial charge is 0.269 e. The van der Waals surface area contributed by atoms with Crippen molar-refractivity contribution >= 4 is 28.9 Å². The minimum Gasteiger partial charge on any atom is -0.420 e. The number of carbonyl (C=O) groups is 1. The molecule has 3 heterocycles. The molecule has 2 aromatic carbocycles. The van der Waals surface area contributed by atoms with Crippen molar-refractivity contribution in [3.63, 3.8) is 0 Å². The maximum absolute atomic E-state index is 13.4. The molecule has 2 aliphatic heterocycles. The summed E-state index contributed by atoms with van der Waals surface area (Å²) in [6.45, 7) is 0. The molecule has 1 amide bonds. The molecule has 0 fully saturated rings. The van der Waals surface area contributed by atoms with Gasteiger partial charge in [0.15, 0.2) is 0 Å². The minimum absolute atomic E-state index is 0.0211. The average Bonchev–Trinajstić information content (AvgIpc) is 3.28.